The number of hydrogen-bond acceptors (Lipinski definition) is 5. The monoisotopic (exact) mass is 624 g/mol. The molecule has 0 saturated carbocycles. The standard InChI is InChI=1S/C32H28BrF3N2O3/c1-39-25-13-8-22(9-14-25)32(21-6-4-3-5-7-21,23-10-15-26(40-2)16-11-23)38-29-19-41-20-31(35,36)30(37-29)27-18-24(33)12-17-28(27)34/h3-18,30H,19-20H2,1-2H3,(H,37,38). The smallest absolute Gasteiger partial charge is 0.297 e. The van der Waals surface area contributed by atoms with E-state index in [9.17, 15) is 4.39 Å². The highest BCUT2D eigenvalue weighted by Gasteiger charge is 2.46. The highest BCUT2D eigenvalue weighted by atomic mass is 79.9. The molecule has 5 rings (SSSR count). The Morgan fingerprint density at radius 2 is 1.41 bits per heavy atom. The van der Waals surface area contributed by atoms with Gasteiger partial charge in [-0.2, -0.15) is 0 Å². The first-order chi connectivity index (χ1) is 19.8. The number of nitrogens with zero attached hydrogens (tertiary/aromatic N) is 1. The maximum atomic E-state index is 15.4. The molecule has 212 valence electrons. The second kappa shape index (κ2) is 12.0. The molecule has 1 aliphatic heterocycles. The first-order valence-corrected chi connectivity index (χ1v) is 13.7. The van der Waals surface area contributed by atoms with Crippen LogP contribution < -0.4 is 14.8 Å². The molecule has 0 saturated heterocycles. The van der Waals surface area contributed by atoms with Crippen molar-refractivity contribution in [2.24, 2.45) is 4.99 Å². The second-order valence-corrected chi connectivity index (χ2v) is 10.5. The maximum Gasteiger partial charge on any atom is 0.297 e. The third kappa shape index (κ3) is 5.83. The zero-order chi connectivity index (χ0) is 29.0. The van der Waals surface area contributed by atoms with Crippen LogP contribution in [0.5, 0.6) is 11.5 Å². The zero-order valence-corrected chi connectivity index (χ0v) is 24.0. The van der Waals surface area contributed by atoms with Gasteiger partial charge in [-0.3, -0.25) is 4.99 Å². The van der Waals surface area contributed by atoms with Crippen LogP contribution in [-0.4, -0.2) is 39.2 Å². The zero-order valence-electron chi connectivity index (χ0n) is 22.4. The van der Waals surface area contributed by atoms with Gasteiger partial charge in [0.1, 0.15) is 47.9 Å². The van der Waals surface area contributed by atoms with Crippen LogP contribution in [0.3, 0.4) is 0 Å². The lowest BCUT2D eigenvalue weighted by molar-refractivity contribution is -0.0832. The third-order valence-corrected chi connectivity index (χ3v) is 7.55. The van der Waals surface area contributed by atoms with Gasteiger partial charge in [-0.15, -0.1) is 0 Å². The van der Waals surface area contributed by atoms with Crippen molar-refractivity contribution in [2.75, 3.05) is 27.4 Å². The number of aliphatic imine (C=N–C) groups is 1. The number of benzene rings is 4. The summed E-state index contributed by atoms with van der Waals surface area (Å²) in [6.45, 7) is -1.15. The van der Waals surface area contributed by atoms with Crippen molar-refractivity contribution in [3.63, 3.8) is 0 Å². The highest BCUT2D eigenvalue weighted by Crippen LogP contribution is 2.41. The summed E-state index contributed by atoms with van der Waals surface area (Å²) in [4.78, 5) is 4.45. The van der Waals surface area contributed by atoms with Crippen molar-refractivity contribution in [3.05, 3.63) is 130 Å². The van der Waals surface area contributed by atoms with E-state index in [-0.39, 0.29) is 18.0 Å². The van der Waals surface area contributed by atoms with Gasteiger partial charge in [0.15, 0.2) is 0 Å². The molecular formula is C32H28BrF3N2O3. The number of hydrogen-bond donors (Lipinski definition) is 1. The molecule has 5 nitrogen and oxygen atoms in total. The van der Waals surface area contributed by atoms with Crippen molar-refractivity contribution in [3.8, 4) is 11.5 Å². The Bertz CT molecular complexity index is 1470. The Balaban J connectivity index is 1.73. The SMILES string of the molecule is COc1ccc(C(NC2=NC(c3cc(Br)ccc3F)C(F)(F)COC2)(c2ccccc2)c2ccc(OC)cc2)cc1. The molecule has 0 amide bonds. The predicted octanol–water partition coefficient (Wildman–Crippen LogP) is 7.29. The molecular weight excluding hydrogens is 597 g/mol. The quantitative estimate of drug-likeness (QED) is 0.219. The van der Waals surface area contributed by atoms with Crippen molar-refractivity contribution in [1.29, 1.82) is 0 Å². The lowest BCUT2D eigenvalue weighted by Gasteiger charge is -2.38. The van der Waals surface area contributed by atoms with Crippen LogP contribution in [0.1, 0.15) is 28.3 Å². The molecule has 9 heteroatoms. The largest absolute Gasteiger partial charge is 0.497 e. The summed E-state index contributed by atoms with van der Waals surface area (Å²) < 4.78 is 62.4. The van der Waals surface area contributed by atoms with E-state index < -0.39 is 29.9 Å². The number of rotatable bonds is 7. The number of amidine groups is 1. The maximum absolute atomic E-state index is 15.4. The van der Waals surface area contributed by atoms with Gasteiger partial charge in [-0.25, -0.2) is 13.2 Å². The van der Waals surface area contributed by atoms with Gasteiger partial charge in [0.25, 0.3) is 5.92 Å². The Morgan fingerprint density at radius 3 is 1.98 bits per heavy atom. The molecule has 1 heterocycles. The summed E-state index contributed by atoms with van der Waals surface area (Å²) in [6, 6.07) is 26.6. The van der Waals surface area contributed by atoms with E-state index in [0.29, 0.717) is 16.0 Å². The first-order valence-electron chi connectivity index (χ1n) is 12.9. The second-order valence-electron chi connectivity index (χ2n) is 9.60. The molecule has 1 N–H and O–H groups in total. The van der Waals surface area contributed by atoms with Crippen LogP contribution in [0.15, 0.2) is 107 Å². The van der Waals surface area contributed by atoms with Gasteiger partial charge < -0.3 is 19.5 Å². The lowest BCUT2D eigenvalue weighted by atomic mass is 9.76. The van der Waals surface area contributed by atoms with E-state index in [2.05, 4.69) is 26.2 Å². The molecule has 4 aromatic rings. The fourth-order valence-corrected chi connectivity index (χ4v) is 5.42. The van der Waals surface area contributed by atoms with E-state index in [1.807, 2.05) is 78.9 Å². The number of methoxy groups -OCH3 is 2. The number of alkyl halides is 2. The fourth-order valence-electron chi connectivity index (χ4n) is 5.04. The average molecular weight is 625 g/mol. The molecule has 41 heavy (non-hydrogen) atoms. The molecule has 0 bridgehead atoms. The number of nitrogens with one attached hydrogen (secondary N) is 1. The molecule has 0 fully saturated rings. The minimum Gasteiger partial charge on any atom is -0.497 e. The molecule has 1 aliphatic rings. The van der Waals surface area contributed by atoms with Gasteiger partial charge in [-0.1, -0.05) is 70.5 Å². The summed E-state index contributed by atoms with van der Waals surface area (Å²) in [5, 5.41) is 3.48. The predicted molar refractivity (Wildman–Crippen MR) is 155 cm³/mol. The van der Waals surface area contributed by atoms with Crippen LogP contribution in [0.4, 0.5) is 13.2 Å². The van der Waals surface area contributed by atoms with Gasteiger partial charge in [0.05, 0.1) is 14.2 Å². The van der Waals surface area contributed by atoms with Gasteiger partial charge in [0, 0.05) is 10.0 Å². The number of halogens is 4. The molecule has 0 spiro atoms. The molecule has 1 unspecified atom stereocenters. The molecule has 1 atom stereocenters. The molecule has 0 radical (unpaired) electrons. The molecule has 0 aliphatic carbocycles. The summed E-state index contributed by atoms with van der Waals surface area (Å²) in [6.07, 6.45) is 0. The van der Waals surface area contributed by atoms with Crippen molar-refractivity contribution < 1.29 is 27.4 Å². The Hall–Kier alpha value is -3.82. The summed E-state index contributed by atoms with van der Waals surface area (Å²) in [5.74, 6) is -2.78. The Kier molecular flexibility index (Phi) is 8.37. The first kappa shape index (κ1) is 28.7. The van der Waals surface area contributed by atoms with Crippen molar-refractivity contribution in [2.45, 2.75) is 17.5 Å². The van der Waals surface area contributed by atoms with E-state index in [1.165, 1.54) is 12.1 Å². The van der Waals surface area contributed by atoms with Crippen LogP contribution >= 0.6 is 15.9 Å². The normalized spacial score (nSPS) is 16.8. The van der Waals surface area contributed by atoms with Crippen LogP contribution in [0.25, 0.3) is 0 Å². The van der Waals surface area contributed by atoms with Gasteiger partial charge >= 0.3 is 0 Å². The number of ether oxygens (including phenoxy) is 3. The van der Waals surface area contributed by atoms with Crippen LogP contribution in [0.2, 0.25) is 0 Å². The minimum atomic E-state index is -3.46. The van der Waals surface area contributed by atoms with Gasteiger partial charge in [0.2, 0.25) is 0 Å². The fraction of sp³-hybridized carbons (Fsp3) is 0.219. The van der Waals surface area contributed by atoms with E-state index in [0.717, 1.165) is 22.8 Å². The summed E-state index contributed by atoms with van der Waals surface area (Å²) >= 11 is 3.27. The van der Waals surface area contributed by atoms with E-state index in [1.54, 1.807) is 14.2 Å². The van der Waals surface area contributed by atoms with Crippen LogP contribution in [0, 0.1) is 5.82 Å². The Morgan fingerprint density at radius 1 is 0.854 bits per heavy atom. The van der Waals surface area contributed by atoms with E-state index in [4.69, 9.17) is 14.2 Å². The Labute approximate surface area is 245 Å². The average Bonchev–Trinajstić information content (AvgIpc) is 3.14. The van der Waals surface area contributed by atoms with Crippen molar-refractivity contribution in [1.82, 2.24) is 5.32 Å². The topological polar surface area (TPSA) is 52.1 Å². The van der Waals surface area contributed by atoms with E-state index >= 15 is 8.78 Å². The summed E-state index contributed by atoms with van der Waals surface area (Å²) in [5.41, 5.74) is 1.06. The third-order valence-electron chi connectivity index (χ3n) is 7.06. The summed E-state index contributed by atoms with van der Waals surface area (Å²) in [7, 11) is 3.17. The van der Waals surface area contributed by atoms with Gasteiger partial charge in [-0.05, 0) is 59.2 Å². The molecule has 0 aromatic heterocycles. The molecule has 4 aromatic carbocycles. The minimum absolute atomic E-state index is 0.141. The lowest BCUT2D eigenvalue weighted by Crippen LogP contribution is -2.49. The highest BCUT2D eigenvalue weighted by molar-refractivity contribution is 9.10. The van der Waals surface area contributed by atoms with Crippen molar-refractivity contribution >= 4 is 21.8 Å². The van der Waals surface area contributed by atoms with Crippen LogP contribution in [-0.2, 0) is 10.3 Å².